The molecule has 4 aromatic carbocycles. The fourth-order valence-corrected chi connectivity index (χ4v) is 6.17. The molecule has 0 saturated carbocycles. The van der Waals surface area contributed by atoms with Crippen LogP contribution in [0.2, 0.25) is 0 Å². The molecule has 4 aromatic rings. The molecule has 1 amide bonds. The Morgan fingerprint density at radius 2 is 1.62 bits per heavy atom. The summed E-state index contributed by atoms with van der Waals surface area (Å²) in [6.45, 7) is 3.45. The Morgan fingerprint density at radius 3 is 2.36 bits per heavy atom. The Balaban J connectivity index is 1.11. The zero-order valence-corrected chi connectivity index (χ0v) is 25.8. The van der Waals surface area contributed by atoms with Gasteiger partial charge in [0.25, 0.3) is 0 Å². The Bertz CT molecular complexity index is 1540. The van der Waals surface area contributed by atoms with Gasteiger partial charge in [-0.05, 0) is 98.4 Å². The molecule has 1 aliphatic rings. The van der Waals surface area contributed by atoms with E-state index < -0.39 is 6.10 Å². The van der Waals surface area contributed by atoms with Crippen LogP contribution in [-0.4, -0.2) is 59.9 Å². The van der Waals surface area contributed by atoms with E-state index in [1.165, 1.54) is 17.2 Å². The highest BCUT2D eigenvalue weighted by atomic mass is 16.5. The van der Waals surface area contributed by atoms with Gasteiger partial charge in [-0.2, -0.15) is 0 Å². The van der Waals surface area contributed by atoms with Crippen molar-refractivity contribution in [2.24, 2.45) is 0 Å². The van der Waals surface area contributed by atoms with Crippen LogP contribution in [0.15, 0.2) is 91.0 Å². The topological polar surface area (TPSA) is 114 Å². The maximum Gasteiger partial charge on any atom is 0.211 e. The van der Waals surface area contributed by atoms with Crippen molar-refractivity contribution in [3.8, 4) is 17.2 Å². The van der Waals surface area contributed by atoms with Crippen molar-refractivity contribution in [1.82, 2.24) is 10.2 Å². The van der Waals surface area contributed by atoms with Gasteiger partial charge >= 0.3 is 0 Å². The van der Waals surface area contributed by atoms with Gasteiger partial charge in [0.05, 0.1) is 18.4 Å². The molecule has 0 radical (unpaired) electrons. The summed E-state index contributed by atoms with van der Waals surface area (Å²) in [6.07, 6.45) is 3.35. The minimum atomic E-state index is -0.793. The summed E-state index contributed by atoms with van der Waals surface area (Å²) in [5, 5.41) is 37.0. The highest BCUT2D eigenvalue weighted by Crippen LogP contribution is 2.45. The van der Waals surface area contributed by atoms with Crippen LogP contribution in [0.4, 0.5) is 5.69 Å². The quantitative estimate of drug-likeness (QED) is 0.0728. The van der Waals surface area contributed by atoms with E-state index in [2.05, 4.69) is 52.9 Å². The van der Waals surface area contributed by atoms with Crippen LogP contribution in [0.3, 0.4) is 0 Å². The molecule has 0 bridgehead atoms. The SMILES string of the molecule is CN1CCC(c2ccccc2)(c2cc(CCCOc3ccc(CNC[C@H](O)c4ccc(O)c(NC=O)c4)cc3)ccc2O)CC1. The average Bonchev–Trinajstić information content (AvgIpc) is 3.06. The fraction of sp³-hybridized carbons (Fsp3) is 0.324. The standard InChI is InChI=1S/C37H43N3O5/c1-40-19-17-37(18-20-40,30-7-3-2-4-8-30)32-22-27(11-15-34(32)42)6-5-21-45-31-13-9-28(10-14-31)24-38-25-36(44)29-12-16-35(43)33(23-29)39-26-41/h2-4,7-16,22-23,26,36,38,42-44H,5-6,17-21,24-25H2,1H3,(H,39,41)/t36-/m0/s1. The van der Waals surface area contributed by atoms with E-state index in [1.807, 2.05) is 42.5 Å². The fourth-order valence-electron chi connectivity index (χ4n) is 6.17. The number of hydrogen-bond acceptors (Lipinski definition) is 7. The molecule has 8 nitrogen and oxygen atoms in total. The van der Waals surface area contributed by atoms with E-state index in [9.17, 15) is 20.1 Å². The highest BCUT2D eigenvalue weighted by Gasteiger charge is 2.39. The first-order valence-electron chi connectivity index (χ1n) is 15.6. The molecule has 1 saturated heterocycles. The van der Waals surface area contributed by atoms with Gasteiger partial charge in [0.2, 0.25) is 6.41 Å². The number of amides is 1. The predicted octanol–water partition coefficient (Wildman–Crippen LogP) is 5.51. The molecule has 236 valence electrons. The maximum atomic E-state index is 11.0. The van der Waals surface area contributed by atoms with Gasteiger partial charge in [-0.25, -0.2) is 0 Å². The number of aliphatic hydroxyl groups is 1. The van der Waals surface area contributed by atoms with Crippen LogP contribution in [0.5, 0.6) is 17.2 Å². The molecule has 0 aliphatic carbocycles. The molecule has 45 heavy (non-hydrogen) atoms. The van der Waals surface area contributed by atoms with E-state index in [4.69, 9.17) is 4.74 Å². The molecule has 0 unspecified atom stereocenters. The van der Waals surface area contributed by atoms with Crippen molar-refractivity contribution in [2.75, 3.05) is 38.6 Å². The van der Waals surface area contributed by atoms with Crippen molar-refractivity contribution >= 4 is 12.1 Å². The third-order valence-corrected chi connectivity index (χ3v) is 8.83. The number of phenols is 2. The zero-order chi connectivity index (χ0) is 31.6. The highest BCUT2D eigenvalue weighted by molar-refractivity contribution is 5.75. The van der Waals surface area contributed by atoms with E-state index in [-0.39, 0.29) is 16.9 Å². The summed E-state index contributed by atoms with van der Waals surface area (Å²) in [6, 6.07) is 29.2. The summed E-state index contributed by atoms with van der Waals surface area (Å²) >= 11 is 0. The van der Waals surface area contributed by atoms with E-state index in [1.54, 1.807) is 12.1 Å². The van der Waals surface area contributed by atoms with Gasteiger partial charge in [0.1, 0.15) is 17.2 Å². The van der Waals surface area contributed by atoms with Crippen LogP contribution in [0.1, 0.15) is 53.2 Å². The van der Waals surface area contributed by atoms with Gasteiger partial charge in [-0.15, -0.1) is 0 Å². The summed E-state index contributed by atoms with van der Waals surface area (Å²) < 4.78 is 6.03. The second kappa shape index (κ2) is 15.1. The average molecular weight is 610 g/mol. The summed E-state index contributed by atoms with van der Waals surface area (Å²) in [5.41, 5.74) is 5.21. The number of aliphatic hydroxyl groups excluding tert-OH is 1. The second-order valence-corrected chi connectivity index (χ2v) is 11.9. The molecule has 1 fully saturated rings. The predicted molar refractivity (Wildman–Crippen MR) is 177 cm³/mol. The lowest BCUT2D eigenvalue weighted by Crippen LogP contribution is -2.41. The van der Waals surface area contributed by atoms with Crippen molar-refractivity contribution in [2.45, 2.75) is 43.7 Å². The van der Waals surface area contributed by atoms with E-state index in [0.717, 1.165) is 55.6 Å². The van der Waals surface area contributed by atoms with Crippen molar-refractivity contribution < 1.29 is 24.9 Å². The molecule has 1 aliphatic heterocycles. The first kappa shape index (κ1) is 32.0. The number of carbonyl (C=O) groups is 1. The number of nitrogens with zero attached hydrogens (tertiary/aromatic N) is 1. The van der Waals surface area contributed by atoms with Crippen LogP contribution >= 0.6 is 0 Å². The van der Waals surface area contributed by atoms with Gasteiger partial charge in [-0.3, -0.25) is 4.79 Å². The lowest BCUT2D eigenvalue weighted by molar-refractivity contribution is -0.105. The molecule has 5 N–H and O–H groups in total. The maximum absolute atomic E-state index is 11.0. The number of ether oxygens (including phenoxy) is 1. The van der Waals surface area contributed by atoms with Crippen LogP contribution in [0.25, 0.3) is 0 Å². The number of hydrogen-bond donors (Lipinski definition) is 5. The summed E-state index contributed by atoms with van der Waals surface area (Å²) in [5.74, 6) is 1.12. The van der Waals surface area contributed by atoms with Crippen molar-refractivity contribution in [1.29, 1.82) is 0 Å². The van der Waals surface area contributed by atoms with Gasteiger partial charge in [0, 0.05) is 24.1 Å². The number of piperidine rings is 1. The van der Waals surface area contributed by atoms with Crippen molar-refractivity contribution in [3.05, 3.63) is 119 Å². The Hall–Kier alpha value is -4.37. The number of benzene rings is 4. The van der Waals surface area contributed by atoms with Gasteiger partial charge in [-0.1, -0.05) is 60.7 Å². The molecule has 0 spiro atoms. The normalized spacial score (nSPS) is 15.3. The second-order valence-electron chi connectivity index (χ2n) is 11.9. The molecule has 1 atom stereocenters. The molecular weight excluding hydrogens is 566 g/mol. The van der Waals surface area contributed by atoms with Crippen molar-refractivity contribution in [3.63, 3.8) is 0 Å². The summed E-state index contributed by atoms with van der Waals surface area (Å²) in [7, 11) is 2.16. The number of rotatable bonds is 14. The van der Waals surface area contributed by atoms with Gasteiger partial charge < -0.3 is 35.6 Å². The largest absolute Gasteiger partial charge is 0.508 e. The number of likely N-dealkylation sites (tertiary alicyclic amines) is 1. The summed E-state index contributed by atoms with van der Waals surface area (Å²) in [4.78, 5) is 13.1. The number of aromatic hydroxyl groups is 2. The van der Waals surface area contributed by atoms with Gasteiger partial charge in [0.15, 0.2) is 0 Å². The first-order valence-corrected chi connectivity index (χ1v) is 15.6. The van der Waals surface area contributed by atoms with E-state index >= 15 is 0 Å². The number of aryl methyl sites for hydroxylation is 1. The third kappa shape index (κ3) is 8.02. The zero-order valence-electron chi connectivity index (χ0n) is 25.8. The number of anilines is 1. The van der Waals surface area contributed by atoms with E-state index in [0.29, 0.717) is 37.4 Å². The van der Waals surface area contributed by atoms with Crippen LogP contribution in [0, 0.1) is 0 Å². The Morgan fingerprint density at radius 1 is 0.911 bits per heavy atom. The smallest absolute Gasteiger partial charge is 0.211 e. The first-order chi connectivity index (χ1) is 21.9. The molecule has 0 aromatic heterocycles. The Labute approximate surface area is 265 Å². The lowest BCUT2D eigenvalue weighted by atomic mass is 9.67. The number of phenolic OH excluding ortho intramolecular Hbond substituents is 2. The van der Waals surface area contributed by atoms with Crippen LogP contribution in [-0.2, 0) is 23.2 Å². The third-order valence-electron chi connectivity index (χ3n) is 8.83. The molecule has 8 heteroatoms. The number of nitrogens with one attached hydrogen (secondary N) is 2. The minimum Gasteiger partial charge on any atom is -0.508 e. The number of carbonyl (C=O) groups excluding carboxylic acids is 1. The molecular formula is C37H43N3O5. The Kier molecular flexibility index (Phi) is 10.7. The molecule has 5 rings (SSSR count). The minimum absolute atomic E-state index is 0.0532. The monoisotopic (exact) mass is 609 g/mol. The molecule has 1 heterocycles. The lowest BCUT2D eigenvalue weighted by Gasteiger charge is -2.42. The van der Waals surface area contributed by atoms with Crippen LogP contribution < -0.4 is 15.4 Å².